The molecule has 2 fully saturated rings. The summed E-state index contributed by atoms with van der Waals surface area (Å²) in [6, 6.07) is 11.6. The third kappa shape index (κ3) is 4.97. The molecule has 7 nitrogen and oxygen atoms in total. The van der Waals surface area contributed by atoms with Gasteiger partial charge >= 0.3 is 0 Å². The van der Waals surface area contributed by atoms with Crippen LogP contribution in [0.15, 0.2) is 48.0 Å². The summed E-state index contributed by atoms with van der Waals surface area (Å²) in [6.07, 6.45) is 0. The Kier molecular flexibility index (Phi) is 7.56. The summed E-state index contributed by atoms with van der Waals surface area (Å²) in [5, 5.41) is 11.9. The lowest BCUT2D eigenvalue weighted by atomic mass is 9.94. The molecule has 0 spiro atoms. The maximum Gasteiger partial charge on any atom is 0.295 e. The molecule has 0 aromatic heterocycles. The fourth-order valence-electron chi connectivity index (χ4n) is 4.48. The molecule has 1 amide bonds. The minimum atomic E-state index is -0.704. The summed E-state index contributed by atoms with van der Waals surface area (Å²) in [4.78, 5) is 30.1. The zero-order chi connectivity index (χ0) is 24.2. The number of aryl methyl sites for hydroxylation is 1. The van der Waals surface area contributed by atoms with E-state index < -0.39 is 17.7 Å². The zero-order valence-electron chi connectivity index (χ0n) is 19.4. The van der Waals surface area contributed by atoms with Gasteiger partial charge in [0.1, 0.15) is 11.5 Å². The molecule has 2 aromatic carbocycles. The number of rotatable bonds is 7. The van der Waals surface area contributed by atoms with Gasteiger partial charge in [-0.1, -0.05) is 23.7 Å². The Hall–Kier alpha value is -2.87. The van der Waals surface area contributed by atoms with Crippen LogP contribution in [0.25, 0.3) is 5.76 Å². The highest BCUT2D eigenvalue weighted by atomic mass is 35.5. The molecule has 0 radical (unpaired) electrons. The first-order valence-corrected chi connectivity index (χ1v) is 11.9. The maximum absolute atomic E-state index is 13.2. The second-order valence-electron chi connectivity index (χ2n) is 8.41. The topological polar surface area (TPSA) is 79.3 Å². The number of Topliss-reactive ketones (excluding diaryl/α,β-unsaturated/α-hetero) is 1. The number of likely N-dealkylation sites (tertiary alicyclic amines) is 1. The van der Waals surface area contributed by atoms with Crippen LogP contribution in [0.2, 0.25) is 5.02 Å². The number of ether oxygens (including phenoxy) is 2. The second-order valence-corrected chi connectivity index (χ2v) is 8.84. The van der Waals surface area contributed by atoms with Gasteiger partial charge in [-0.2, -0.15) is 0 Å². The summed E-state index contributed by atoms with van der Waals surface area (Å²) >= 11 is 6.09. The number of ketones is 1. The molecule has 4 rings (SSSR count). The normalized spacial score (nSPS) is 20.7. The molecule has 1 atom stereocenters. The minimum absolute atomic E-state index is 0.0848. The molecule has 0 aliphatic carbocycles. The number of nitrogens with zero attached hydrogens (tertiary/aromatic N) is 2. The van der Waals surface area contributed by atoms with Crippen molar-refractivity contribution < 1.29 is 24.2 Å². The molecule has 2 heterocycles. The lowest BCUT2D eigenvalue weighted by Crippen LogP contribution is -2.42. The molecule has 2 saturated heterocycles. The third-order valence-corrected chi connectivity index (χ3v) is 6.50. The summed E-state index contributed by atoms with van der Waals surface area (Å²) in [5.41, 5.74) is 2.05. The maximum atomic E-state index is 13.2. The predicted molar refractivity (Wildman–Crippen MR) is 130 cm³/mol. The Labute approximate surface area is 204 Å². The van der Waals surface area contributed by atoms with Gasteiger partial charge in [-0.15, -0.1) is 0 Å². The van der Waals surface area contributed by atoms with Gasteiger partial charge in [-0.3, -0.25) is 14.5 Å². The fourth-order valence-corrected chi connectivity index (χ4v) is 4.61. The van der Waals surface area contributed by atoms with Crippen LogP contribution in [0.1, 0.15) is 29.7 Å². The van der Waals surface area contributed by atoms with E-state index in [1.54, 1.807) is 41.3 Å². The lowest BCUT2D eigenvalue weighted by Gasteiger charge is -2.31. The van der Waals surface area contributed by atoms with Crippen LogP contribution in [0, 0.1) is 6.92 Å². The Morgan fingerprint density at radius 1 is 1.12 bits per heavy atom. The van der Waals surface area contributed by atoms with Crippen molar-refractivity contribution in [3.05, 3.63) is 69.8 Å². The predicted octanol–water partition coefficient (Wildman–Crippen LogP) is 3.80. The number of hydrogen-bond acceptors (Lipinski definition) is 6. The Bertz CT molecular complexity index is 1090. The van der Waals surface area contributed by atoms with Crippen molar-refractivity contribution in [2.75, 3.05) is 46.0 Å². The van der Waals surface area contributed by atoms with E-state index in [0.29, 0.717) is 49.2 Å². The van der Waals surface area contributed by atoms with Gasteiger partial charge in [-0.25, -0.2) is 0 Å². The molecular weight excluding hydrogens is 456 g/mol. The number of aliphatic hydroxyl groups is 1. The van der Waals surface area contributed by atoms with E-state index in [1.165, 1.54) is 0 Å². The van der Waals surface area contributed by atoms with Gasteiger partial charge in [0, 0.05) is 36.8 Å². The van der Waals surface area contributed by atoms with E-state index in [4.69, 9.17) is 21.1 Å². The zero-order valence-corrected chi connectivity index (χ0v) is 20.2. The summed E-state index contributed by atoms with van der Waals surface area (Å²) in [6.45, 7) is 8.08. The molecule has 180 valence electrons. The number of hydrogen-bond donors (Lipinski definition) is 1. The molecule has 0 saturated carbocycles. The number of amides is 1. The lowest BCUT2D eigenvalue weighted by molar-refractivity contribution is -0.140. The number of carbonyl (C=O) groups excluding carboxylic acids is 2. The van der Waals surface area contributed by atoms with Gasteiger partial charge < -0.3 is 19.5 Å². The third-order valence-electron chi connectivity index (χ3n) is 6.25. The van der Waals surface area contributed by atoms with E-state index in [-0.39, 0.29) is 11.3 Å². The van der Waals surface area contributed by atoms with Gasteiger partial charge in [0.15, 0.2) is 0 Å². The smallest absolute Gasteiger partial charge is 0.295 e. The first-order chi connectivity index (χ1) is 16.4. The molecule has 34 heavy (non-hydrogen) atoms. The van der Waals surface area contributed by atoms with Crippen molar-refractivity contribution in [2.24, 2.45) is 0 Å². The van der Waals surface area contributed by atoms with Crippen LogP contribution < -0.4 is 4.74 Å². The van der Waals surface area contributed by atoms with Gasteiger partial charge in [0.25, 0.3) is 11.7 Å². The van der Waals surface area contributed by atoms with Gasteiger partial charge in [0.05, 0.1) is 31.4 Å². The highest BCUT2D eigenvalue weighted by molar-refractivity contribution is 6.46. The van der Waals surface area contributed by atoms with Crippen molar-refractivity contribution in [2.45, 2.75) is 19.9 Å². The van der Waals surface area contributed by atoms with E-state index in [9.17, 15) is 14.7 Å². The summed E-state index contributed by atoms with van der Waals surface area (Å²) in [7, 11) is 0. The Morgan fingerprint density at radius 3 is 2.47 bits per heavy atom. The average Bonchev–Trinajstić information content (AvgIpc) is 3.08. The van der Waals surface area contributed by atoms with Crippen LogP contribution in [0.4, 0.5) is 0 Å². The van der Waals surface area contributed by atoms with Crippen molar-refractivity contribution in [1.82, 2.24) is 9.80 Å². The fraction of sp³-hybridized carbons (Fsp3) is 0.385. The van der Waals surface area contributed by atoms with Crippen LogP contribution in [-0.4, -0.2) is 72.6 Å². The Balaban J connectivity index is 1.74. The molecule has 2 aliphatic heterocycles. The van der Waals surface area contributed by atoms with Crippen molar-refractivity contribution in [3.63, 3.8) is 0 Å². The van der Waals surface area contributed by atoms with Gasteiger partial charge in [0.2, 0.25) is 0 Å². The Morgan fingerprint density at radius 2 is 1.82 bits per heavy atom. The molecule has 2 aliphatic rings. The number of morpholine rings is 1. The van der Waals surface area contributed by atoms with E-state index in [0.717, 1.165) is 24.2 Å². The van der Waals surface area contributed by atoms with Crippen LogP contribution >= 0.6 is 11.6 Å². The molecule has 8 heteroatoms. The average molecular weight is 485 g/mol. The first kappa shape index (κ1) is 24.3. The van der Waals surface area contributed by atoms with E-state index in [2.05, 4.69) is 4.90 Å². The van der Waals surface area contributed by atoms with Gasteiger partial charge in [-0.05, 0) is 55.3 Å². The second kappa shape index (κ2) is 10.6. The van der Waals surface area contributed by atoms with Crippen molar-refractivity contribution >= 4 is 29.1 Å². The minimum Gasteiger partial charge on any atom is -0.507 e. The SMILES string of the molecule is CCOc1ccc(C(O)=C2C(=O)C(=O)N(CCN3CCOCC3)C2c2ccc(Cl)cc2)c(C)c1. The number of carbonyl (C=O) groups is 2. The van der Waals surface area contributed by atoms with Crippen molar-refractivity contribution in [1.29, 1.82) is 0 Å². The first-order valence-electron chi connectivity index (χ1n) is 11.5. The van der Waals surface area contributed by atoms with Crippen LogP contribution in [0.5, 0.6) is 5.75 Å². The molecule has 0 bridgehead atoms. The number of halogens is 1. The standard InChI is InChI=1S/C26H29ClN2O5/c1-3-34-20-8-9-21(17(2)16-20)24(30)22-23(18-4-6-19(27)7-5-18)29(26(32)25(22)31)11-10-28-12-14-33-15-13-28/h4-9,16,23,30H,3,10-15H2,1-2H3. The molecule has 2 aromatic rings. The van der Waals surface area contributed by atoms with Crippen LogP contribution in [0.3, 0.4) is 0 Å². The summed E-state index contributed by atoms with van der Waals surface area (Å²) in [5.74, 6) is -0.810. The monoisotopic (exact) mass is 484 g/mol. The quantitative estimate of drug-likeness (QED) is 0.366. The van der Waals surface area contributed by atoms with Crippen LogP contribution in [-0.2, 0) is 14.3 Å². The number of benzene rings is 2. The largest absolute Gasteiger partial charge is 0.507 e. The van der Waals surface area contributed by atoms with E-state index >= 15 is 0 Å². The highest BCUT2D eigenvalue weighted by Crippen LogP contribution is 2.40. The highest BCUT2D eigenvalue weighted by Gasteiger charge is 2.46. The van der Waals surface area contributed by atoms with Crippen molar-refractivity contribution in [3.8, 4) is 5.75 Å². The molecule has 1 unspecified atom stereocenters. The molecule has 1 N–H and O–H groups in total. The number of aliphatic hydroxyl groups excluding tert-OH is 1. The molecular formula is C26H29ClN2O5. The summed E-state index contributed by atoms with van der Waals surface area (Å²) < 4.78 is 10.9. The van der Waals surface area contributed by atoms with E-state index in [1.807, 2.05) is 19.9 Å².